The maximum absolute atomic E-state index is 5.77. The summed E-state index contributed by atoms with van der Waals surface area (Å²) in [5, 5.41) is 5.64. The summed E-state index contributed by atoms with van der Waals surface area (Å²) in [7, 11) is 3.98. The van der Waals surface area contributed by atoms with Crippen LogP contribution >= 0.6 is 0 Å². The second-order valence-electron chi connectivity index (χ2n) is 4.54. The predicted molar refractivity (Wildman–Crippen MR) is 73.0 cm³/mol. The molecule has 0 fully saturated rings. The fourth-order valence-corrected chi connectivity index (χ4v) is 2.47. The van der Waals surface area contributed by atoms with Crippen molar-refractivity contribution < 1.29 is 0 Å². The number of hydrogen-bond donors (Lipinski definition) is 1. The highest BCUT2D eigenvalue weighted by molar-refractivity contribution is 5.96. The molecule has 0 saturated carbocycles. The molecule has 3 aromatic rings. The van der Waals surface area contributed by atoms with Crippen LogP contribution in [0.5, 0.6) is 0 Å². The summed E-state index contributed by atoms with van der Waals surface area (Å²) >= 11 is 0. The summed E-state index contributed by atoms with van der Waals surface area (Å²) in [6.45, 7) is 0.458. The van der Waals surface area contributed by atoms with E-state index in [9.17, 15) is 0 Å². The molecular weight excluding hydrogens is 224 g/mol. The molecule has 0 radical (unpaired) electrons. The number of benzene rings is 1. The van der Waals surface area contributed by atoms with Gasteiger partial charge in [-0.25, -0.2) is 0 Å². The number of para-hydroxylation sites is 1. The molecule has 92 valence electrons. The molecule has 0 spiro atoms. The van der Waals surface area contributed by atoms with Crippen LogP contribution in [-0.2, 0) is 20.6 Å². The lowest BCUT2D eigenvalue weighted by atomic mass is 10.1. The van der Waals surface area contributed by atoms with Crippen molar-refractivity contribution in [1.29, 1.82) is 0 Å². The average Bonchev–Trinajstić information content (AvgIpc) is 2.91. The van der Waals surface area contributed by atoms with Crippen LogP contribution in [0.25, 0.3) is 22.0 Å². The lowest BCUT2D eigenvalue weighted by molar-refractivity contribution is 0.742. The summed E-state index contributed by atoms with van der Waals surface area (Å²) in [5.41, 5.74) is 10.2. The van der Waals surface area contributed by atoms with Gasteiger partial charge in [-0.3, -0.25) is 4.68 Å². The molecule has 4 heteroatoms. The average molecular weight is 240 g/mol. The monoisotopic (exact) mass is 240 g/mol. The van der Waals surface area contributed by atoms with Gasteiger partial charge in [-0.2, -0.15) is 5.10 Å². The quantitative estimate of drug-likeness (QED) is 0.745. The van der Waals surface area contributed by atoms with E-state index in [0.29, 0.717) is 6.54 Å². The van der Waals surface area contributed by atoms with Gasteiger partial charge in [0.2, 0.25) is 0 Å². The van der Waals surface area contributed by atoms with Crippen LogP contribution in [0.2, 0.25) is 0 Å². The minimum atomic E-state index is 0.458. The van der Waals surface area contributed by atoms with Crippen LogP contribution < -0.4 is 5.73 Å². The standard InChI is InChI=1S/C14H16N4/c1-17-8-11(10-5-3-4-6-14(10)17)12-9-18(2)16-13(12)7-15/h3-6,8-9H,7,15H2,1-2H3. The predicted octanol–water partition coefficient (Wildman–Crippen LogP) is 2.04. The summed E-state index contributed by atoms with van der Waals surface area (Å²) in [5.74, 6) is 0. The third-order valence-electron chi connectivity index (χ3n) is 3.29. The molecule has 18 heavy (non-hydrogen) atoms. The molecule has 2 N–H and O–H groups in total. The maximum atomic E-state index is 5.77. The molecule has 2 aromatic heterocycles. The van der Waals surface area contributed by atoms with Gasteiger partial charge >= 0.3 is 0 Å². The van der Waals surface area contributed by atoms with Crippen molar-refractivity contribution in [3.63, 3.8) is 0 Å². The Kier molecular flexibility index (Phi) is 2.45. The lowest BCUT2D eigenvalue weighted by Crippen LogP contribution is -1.99. The molecule has 0 aliphatic rings. The topological polar surface area (TPSA) is 48.8 Å². The highest BCUT2D eigenvalue weighted by Crippen LogP contribution is 2.31. The first kappa shape index (κ1) is 11.0. The van der Waals surface area contributed by atoms with Crippen molar-refractivity contribution in [2.24, 2.45) is 19.8 Å². The van der Waals surface area contributed by atoms with E-state index in [1.807, 2.05) is 17.9 Å². The molecule has 0 saturated heterocycles. The Morgan fingerprint density at radius 1 is 1.11 bits per heavy atom. The Balaban J connectivity index is 2.31. The van der Waals surface area contributed by atoms with Crippen molar-refractivity contribution in [2.45, 2.75) is 6.54 Å². The fourth-order valence-electron chi connectivity index (χ4n) is 2.47. The van der Waals surface area contributed by atoms with Crippen molar-refractivity contribution >= 4 is 10.9 Å². The van der Waals surface area contributed by atoms with Gasteiger partial charge in [0, 0.05) is 55.1 Å². The third kappa shape index (κ3) is 1.54. The van der Waals surface area contributed by atoms with Crippen LogP contribution in [0.15, 0.2) is 36.7 Å². The first-order chi connectivity index (χ1) is 8.70. The third-order valence-corrected chi connectivity index (χ3v) is 3.29. The zero-order valence-electron chi connectivity index (χ0n) is 10.6. The molecular formula is C14H16N4. The Bertz CT molecular complexity index is 706. The summed E-state index contributed by atoms with van der Waals surface area (Å²) in [6.07, 6.45) is 4.17. The number of nitrogens with zero attached hydrogens (tertiary/aromatic N) is 3. The van der Waals surface area contributed by atoms with Crippen LogP contribution in [0, 0.1) is 0 Å². The number of rotatable bonds is 2. The second kappa shape index (κ2) is 3.99. The Labute approximate surface area is 106 Å². The smallest absolute Gasteiger partial charge is 0.0839 e. The fraction of sp³-hybridized carbons (Fsp3) is 0.214. The van der Waals surface area contributed by atoms with Gasteiger partial charge in [0.1, 0.15) is 0 Å². The van der Waals surface area contributed by atoms with E-state index in [1.54, 1.807) is 0 Å². The van der Waals surface area contributed by atoms with Gasteiger partial charge in [-0.05, 0) is 6.07 Å². The van der Waals surface area contributed by atoms with E-state index >= 15 is 0 Å². The highest BCUT2D eigenvalue weighted by atomic mass is 15.3. The first-order valence-corrected chi connectivity index (χ1v) is 5.97. The van der Waals surface area contributed by atoms with Gasteiger partial charge < -0.3 is 10.3 Å². The molecule has 0 atom stereocenters. The summed E-state index contributed by atoms with van der Waals surface area (Å²) in [6, 6.07) is 8.37. The Hall–Kier alpha value is -2.07. The van der Waals surface area contributed by atoms with Gasteiger partial charge in [-0.15, -0.1) is 0 Å². The van der Waals surface area contributed by atoms with E-state index in [0.717, 1.165) is 11.3 Å². The largest absolute Gasteiger partial charge is 0.350 e. The second-order valence-corrected chi connectivity index (χ2v) is 4.54. The normalized spacial score (nSPS) is 11.3. The summed E-state index contributed by atoms with van der Waals surface area (Å²) in [4.78, 5) is 0. The number of nitrogens with two attached hydrogens (primary N) is 1. The van der Waals surface area contributed by atoms with Gasteiger partial charge in [0.05, 0.1) is 5.69 Å². The SMILES string of the molecule is Cn1cc(-c2cn(C)c3ccccc23)c(CN)n1. The number of fused-ring (bicyclic) bond motifs is 1. The maximum Gasteiger partial charge on any atom is 0.0839 e. The Morgan fingerprint density at radius 3 is 2.67 bits per heavy atom. The van der Waals surface area contributed by atoms with E-state index < -0.39 is 0 Å². The number of hydrogen-bond acceptors (Lipinski definition) is 2. The van der Waals surface area contributed by atoms with Crippen molar-refractivity contribution in [2.75, 3.05) is 0 Å². The van der Waals surface area contributed by atoms with Crippen LogP contribution in [0.1, 0.15) is 5.69 Å². The molecule has 4 nitrogen and oxygen atoms in total. The molecule has 3 rings (SSSR count). The molecule has 0 aliphatic heterocycles. The lowest BCUT2D eigenvalue weighted by Gasteiger charge is -1.97. The van der Waals surface area contributed by atoms with Crippen molar-refractivity contribution in [3.05, 3.63) is 42.4 Å². The molecule has 0 aliphatic carbocycles. The molecule has 1 aromatic carbocycles. The number of aryl methyl sites for hydroxylation is 2. The van der Waals surface area contributed by atoms with Gasteiger partial charge in [0.15, 0.2) is 0 Å². The highest BCUT2D eigenvalue weighted by Gasteiger charge is 2.13. The minimum Gasteiger partial charge on any atom is -0.350 e. The zero-order chi connectivity index (χ0) is 12.7. The van der Waals surface area contributed by atoms with Crippen LogP contribution in [-0.4, -0.2) is 14.3 Å². The van der Waals surface area contributed by atoms with Gasteiger partial charge in [0.25, 0.3) is 0 Å². The zero-order valence-corrected chi connectivity index (χ0v) is 10.6. The number of aromatic nitrogens is 3. The molecule has 2 heterocycles. The van der Waals surface area contributed by atoms with E-state index in [-0.39, 0.29) is 0 Å². The van der Waals surface area contributed by atoms with Gasteiger partial charge in [-0.1, -0.05) is 18.2 Å². The van der Waals surface area contributed by atoms with Crippen molar-refractivity contribution in [1.82, 2.24) is 14.3 Å². The summed E-state index contributed by atoms with van der Waals surface area (Å²) < 4.78 is 3.96. The van der Waals surface area contributed by atoms with Crippen LogP contribution in [0.3, 0.4) is 0 Å². The van der Waals surface area contributed by atoms with Crippen LogP contribution in [0.4, 0.5) is 0 Å². The van der Waals surface area contributed by atoms with Crippen molar-refractivity contribution in [3.8, 4) is 11.1 Å². The molecule has 0 unspecified atom stereocenters. The van der Waals surface area contributed by atoms with E-state index in [2.05, 4.69) is 47.2 Å². The van der Waals surface area contributed by atoms with E-state index in [4.69, 9.17) is 5.73 Å². The minimum absolute atomic E-state index is 0.458. The first-order valence-electron chi connectivity index (χ1n) is 5.97. The van der Waals surface area contributed by atoms with E-state index in [1.165, 1.54) is 16.5 Å². The molecule has 0 amide bonds. The Morgan fingerprint density at radius 2 is 1.89 bits per heavy atom. The molecule has 0 bridgehead atoms.